The predicted molar refractivity (Wildman–Crippen MR) is 163 cm³/mol. The summed E-state index contributed by atoms with van der Waals surface area (Å²) in [6.45, 7) is 8.50. The predicted octanol–water partition coefficient (Wildman–Crippen LogP) is 5.32. The Morgan fingerprint density at radius 2 is 1.67 bits per heavy atom. The second-order valence-electron chi connectivity index (χ2n) is 10.7. The second-order valence-corrected chi connectivity index (χ2v) is 11.1. The van der Waals surface area contributed by atoms with Crippen LogP contribution in [-0.4, -0.2) is 70.4 Å². The summed E-state index contributed by atoms with van der Waals surface area (Å²) in [5, 5.41) is 11.7. The topological polar surface area (TPSA) is 70.2 Å². The van der Waals surface area contributed by atoms with Gasteiger partial charge in [0, 0.05) is 51.3 Å². The molecule has 8 heteroatoms. The van der Waals surface area contributed by atoms with Crippen LogP contribution in [0, 0.1) is 0 Å². The van der Waals surface area contributed by atoms with Gasteiger partial charge in [0.2, 0.25) is 0 Å². The lowest BCUT2D eigenvalue weighted by Gasteiger charge is -2.29. The number of ether oxygens (including phenoxy) is 2. The molecule has 0 atom stereocenters. The number of hydrogen-bond donors (Lipinski definition) is 3. The molecule has 1 aliphatic carbocycles. The van der Waals surface area contributed by atoms with Gasteiger partial charge in [-0.25, -0.2) is 0 Å². The van der Waals surface area contributed by atoms with Gasteiger partial charge < -0.3 is 30.3 Å². The summed E-state index contributed by atoms with van der Waals surface area (Å²) in [6, 6.07) is 9.56. The highest BCUT2D eigenvalue weighted by molar-refractivity contribution is 6.31. The average Bonchev–Trinajstić information content (AvgIpc) is 2.96. The van der Waals surface area contributed by atoms with Crippen LogP contribution in [0.2, 0.25) is 0 Å². The Balaban J connectivity index is 1.49. The van der Waals surface area contributed by atoms with Crippen molar-refractivity contribution >= 4 is 17.4 Å². The van der Waals surface area contributed by atoms with Crippen LogP contribution in [0.15, 0.2) is 51.8 Å². The fourth-order valence-electron chi connectivity index (χ4n) is 4.97. The highest BCUT2D eigenvalue weighted by Gasteiger charge is 2.16. The Bertz CT molecular complexity index is 917. The number of amidine groups is 1. The van der Waals surface area contributed by atoms with Gasteiger partial charge in [-0.05, 0) is 62.9 Å². The number of allylic oxidation sites excluding steroid dienone is 3. The zero-order chi connectivity index (χ0) is 27.7. The van der Waals surface area contributed by atoms with Gasteiger partial charge in [0.05, 0.1) is 19.8 Å². The van der Waals surface area contributed by atoms with Gasteiger partial charge in [-0.2, -0.15) is 0 Å². The van der Waals surface area contributed by atoms with Crippen molar-refractivity contribution < 1.29 is 9.47 Å². The minimum atomic E-state index is 0.619. The highest BCUT2D eigenvalue weighted by atomic mass is 35.5. The smallest absolute Gasteiger partial charge is 0.108 e. The molecule has 3 N–H and O–H groups in total. The van der Waals surface area contributed by atoms with E-state index in [-0.39, 0.29) is 0 Å². The first-order chi connectivity index (χ1) is 19.1. The lowest BCUT2D eigenvalue weighted by Crippen LogP contribution is -2.39. The monoisotopic (exact) mass is 559 g/mol. The van der Waals surface area contributed by atoms with Gasteiger partial charge in [-0.1, -0.05) is 60.7 Å². The molecule has 0 unspecified atom stereocenters. The van der Waals surface area contributed by atoms with Crippen LogP contribution in [-0.2, 0) is 22.6 Å². The summed E-state index contributed by atoms with van der Waals surface area (Å²) in [4.78, 5) is 7.16. The minimum absolute atomic E-state index is 0.619. The molecule has 2 aliphatic rings. The molecule has 3 rings (SSSR count). The Kier molecular flexibility index (Phi) is 15.0. The molecule has 0 radical (unpaired) electrons. The molecule has 218 valence electrons. The Morgan fingerprint density at radius 1 is 0.974 bits per heavy atom. The minimum Gasteiger partial charge on any atom is -0.383 e. The van der Waals surface area contributed by atoms with Gasteiger partial charge in [0.15, 0.2) is 0 Å². The summed E-state index contributed by atoms with van der Waals surface area (Å²) in [7, 11) is 3.44. The van der Waals surface area contributed by atoms with E-state index in [1.807, 2.05) is 6.08 Å². The van der Waals surface area contributed by atoms with Gasteiger partial charge >= 0.3 is 0 Å². The maximum atomic E-state index is 6.61. The number of nitrogens with one attached hydrogen (secondary N) is 3. The molecule has 7 nitrogen and oxygen atoms in total. The molecule has 0 aromatic heterocycles. The van der Waals surface area contributed by atoms with Crippen molar-refractivity contribution in [1.82, 2.24) is 20.9 Å². The number of nitrogens with zero attached hydrogens (tertiary/aromatic N) is 2. The summed E-state index contributed by atoms with van der Waals surface area (Å²) >= 11 is 6.61. The molecule has 1 aromatic rings. The first-order valence-corrected chi connectivity index (χ1v) is 15.1. The number of benzene rings is 1. The maximum Gasteiger partial charge on any atom is 0.108 e. The number of halogens is 1. The van der Waals surface area contributed by atoms with Gasteiger partial charge in [-0.15, -0.1) is 0 Å². The average molecular weight is 560 g/mol. The molecular formula is C31H50ClN5O2. The molecule has 1 heterocycles. The fourth-order valence-corrected chi connectivity index (χ4v) is 5.17. The third-order valence-corrected chi connectivity index (χ3v) is 7.96. The number of rotatable bonds is 16. The second kappa shape index (κ2) is 18.4. The van der Waals surface area contributed by atoms with Crippen molar-refractivity contribution in [2.45, 2.75) is 77.4 Å². The molecule has 0 saturated heterocycles. The Morgan fingerprint density at radius 3 is 2.36 bits per heavy atom. The van der Waals surface area contributed by atoms with E-state index in [9.17, 15) is 0 Å². The summed E-state index contributed by atoms with van der Waals surface area (Å²) in [6.07, 6.45) is 11.8. The van der Waals surface area contributed by atoms with Crippen LogP contribution in [0.3, 0.4) is 0 Å². The largest absolute Gasteiger partial charge is 0.383 e. The Hall–Kier alpha value is -1.90. The molecule has 1 aromatic carbocycles. The zero-order valence-electron chi connectivity index (χ0n) is 24.4. The maximum absolute atomic E-state index is 6.61. The summed E-state index contributed by atoms with van der Waals surface area (Å²) < 4.78 is 10.7. The standard InChI is InChI=1S/C31H50ClN5O2/c1-25-10-15-30(36-31(22-29(25)32)37(18-20-38-2)19-21-39-3)35-24-27-13-11-26(12-14-27)23-33-16-7-17-34-28-8-5-4-6-9-28/h11-14,22,28,33-34H,4-10,15-21,23-24H2,1-3H3,(H,35,36)/b29-25?,31-22+. The lowest BCUT2D eigenvalue weighted by molar-refractivity contribution is 0.129. The molecule has 1 saturated carbocycles. The van der Waals surface area contributed by atoms with E-state index < -0.39 is 0 Å². The van der Waals surface area contributed by atoms with E-state index >= 15 is 0 Å². The zero-order valence-corrected chi connectivity index (χ0v) is 25.1. The first-order valence-electron chi connectivity index (χ1n) is 14.7. The SMILES string of the molecule is COCCN(CCOC)/C1=C/C(Cl)=C(C)CCC(=NCc2ccc(CNCCCNC3CCCCC3)cc2)N1. The van der Waals surface area contributed by atoms with Crippen molar-refractivity contribution in [3.63, 3.8) is 0 Å². The van der Waals surface area contributed by atoms with Crippen LogP contribution >= 0.6 is 11.6 Å². The van der Waals surface area contributed by atoms with Crippen LogP contribution < -0.4 is 16.0 Å². The van der Waals surface area contributed by atoms with Crippen LogP contribution in [0.1, 0.15) is 69.4 Å². The molecule has 0 spiro atoms. The van der Waals surface area contributed by atoms with E-state index in [0.29, 0.717) is 19.8 Å². The van der Waals surface area contributed by atoms with Crippen molar-refractivity contribution in [3.8, 4) is 0 Å². The van der Waals surface area contributed by atoms with Crippen molar-refractivity contribution in [2.24, 2.45) is 4.99 Å². The molecule has 39 heavy (non-hydrogen) atoms. The molecular weight excluding hydrogens is 510 g/mol. The third-order valence-electron chi connectivity index (χ3n) is 7.52. The molecule has 0 amide bonds. The van der Waals surface area contributed by atoms with Crippen molar-refractivity contribution in [1.29, 1.82) is 0 Å². The first kappa shape index (κ1) is 31.6. The molecule has 0 bridgehead atoms. The number of aliphatic imine (C=N–C) groups is 1. The Labute approximate surface area is 241 Å². The summed E-state index contributed by atoms with van der Waals surface area (Å²) in [5.41, 5.74) is 3.69. The van der Waals surface area contributed by atoms with E-state index in [1.54, 1.807) is 14.2 Å². The van der Waals surface area contributed by atoms with Crippen molar-refractivity contribution in [2.75, 3.05) is 53.6 Å². The normalized spacial score (nSPS) is 19.4. The quantitative estimate of drug-likeness (QED) is 0.238. The van der Waals surface area contributed by atoms with Gasteiger partial charge in [0.25, 0.3) is 0 Å². The van der Waals surface area contributed by atoms with E-state index in [0.717, 1.165) is 68.3 Å². The third kappa shape index (κ3) is 12.0. The molecule has 1 aliphatic heterocycles. The van der Waals surface area contributed by atoms with Gasteiger partial charge in [-0.3, -0.25) is 4.99 Å². The lowest BCUT2D eigenvalue weighted by atomic mass is 9.95. The number of methoxy groups -OCH3 is 2. The number of hydrogen-bond acceptors (Lipinski definition) is 6. The van der Waals surface area contributed by atoms with E-state index in [4.69, 9.17) is 26.1 Å². The molecule has 1 fully saturated rings. The van der Waals surface area contributed by atoms with E-state index in [1.165, 1.54) is 55.2 Å². The van der Waals surface area contributed by atoms with Crippen LogP contribution in [0.4, 0.5) is 0 Å². The van der Waals surface area contributed by atoms with Crippen molar-refractivity contribution in [3.05, 3.63) is 57.9 Å². The van der Waals surface area contributed by atoms with E-state index in [2.05, 4.69) is 52.0 Å². The fraction of sp³-hybridized carbons (Fsp3) is 0.645. The highest BCUT2D eigenvalue weighted by Crippen LogP contribution is 2.21. The summed E-state index contributed by atoms with van der Waals surface area (Å²) in [5.74, 6) is 1.90. The van der Waals surface area contributed by atoms with Crippen LogP contribution in [0.25, 0.3) is 0 Å². The van der Waals surface area contributed by atoms with Crippen LogP contribution in [0.5, 0.6) is 0 Å². The van der Waals surface area contributed by atoms with Gasteiger partial charge in [0.1, 0.15) is 11.7 Å².